The Kier molecular flexibility index (Phi) is 6.05. The van der Waals surface area contributed by atoms with Crippen molar-refractivity contribution in [2.45, 2.75) is 33.1 Å². The largest absolute Gasteiger partial charge is 0.362 e. The molecule has 0 amide bonds. The topological polar surface area (TPSA) is 45.5 Å². The van der Waals surface area contributed by atoms with Crippen molar-refractivity contribution in [3.05, 3.63) is 79.0 Å². The molecule has 0 spiro atoms. The van der Waals surface area contributed by atoms with Crippen molar-refractivity contribution in [3.63, 3.8) is 0 Å². The molecule has 0 unspecified atom stereocenters. The average molecular weight is 456 g/mol. The molecular formula is C28H30FN5. The molecule has 34 heavy (non-hydrogen) atoms. The van der Waals surface area contributed by atoms with E-state index in [9.17, 15) is 4.39 Å². The van der Waals surface area contributed by atoms with Crippen LogP contribution >= 0.6 is 0 Å². The number of fused-ring (bicyclic) bond motifs is 1. The summed E-state index contributed by atoms with van der Waals surface area (Å²) in [5.74, 6) is 1.38. The molecule has 1 N–H and O–H groups in total. The third kappa shape index (κ3) is 4.04. The lowest BCUT2D eigenvalue weighted by Gasteiger charge is -2.31. The van der Waals surface area contributed by atoms with Crippen molar-refractivity contribution < 1.29 is 4.39 Å². The van der Waals surface area contributed by atoms with Crippen molar-refractivity contribution in [3.8, 4) is 22.5 Å². The van der Waals surface area contributed by atoms with Crippen molar-refractivity contribution in [1.29, 1.82) is 0 Å². The van der Waals surface area contributed by atoms with E-state index in [2.05, 4.69) is 53.2 Å². The second kappa shape index (κ2) is 9.29. The van der Waals surface area contributed by atoms with Crippen molar-refractivity contribution >= 4 is 17.2 Å². The predicted molar refractivity (Wildman–Crippen MR) is 138 cm³/mol. The molecule has 0 radical (unpaired) electrons. The average Bonchev–Trinajstić information content (AvgIpc) is 3.25. The van der Waals surface area contributed by atoms with E-state index in [1.807, 2.05) is 12.4 Å². The molecule has 0 bridgehead atoms. The van der Waals surface area contributed by atoms with Gasteiger partial charge in [0.25, 0.3) is 0 Å². The second-order valence-corrected chi connectivity index (χ2v) is 9.00. The van der Waals surface area contributed by atoms with Gasteiger partial charge in [-0.15, -0.1) is 0 Å². The number of aromatic nitrogens is 3. The van der Waals surface area contributed by atoms with Crippen LogP contribution in [0.3, 0.4) is 0 Å². The predicted octanol–water partition coefficient (Wildman–Crippen LogP) is 6.56. The molecule has 0 aliphatic carbocycles. The number of halogens is 1. The lowest BCUT2D eigenvalue weighted by atomic mass is 9.99. The first-order chi connectivity index (χ1) is 16.6. The molecule has 0 atom stereocenters. The fourth-order valence-corrected chi connectivity index (χ4v) is 4.78. The number of imidazole rings is 1. The van der Waals surface area contributed by atoms with Crippen LogP contribution in [0.1, 0.15) is 32.3 Å². The SMILES string of the molecule is C=CNc1ccc(-c2c(-c3ccc(F)cc3)nc3c(N4CCC(C)CC4)nccn23)cc1CC. The maximum Gasteiger partial charge on any atom is 0.181 e. The van der Waals surface area contributed by atoms with Crippen molar-refractivity contribution in [2.75, 3.05) is 23.3 Å². The summed E-state index contributed by atoms with van der Waals surface area (Å²) in [5, 5.41) is 3.23. The Labute approximate surface area is 200 Å². The van der Waals surface area contributed by atoms with E-state index in [1.165, 1.54) is 17.7 Å². The van der Waals surface area contributed by atoms with Gasteiger partial charge in [-0.05, 0) is 73.3 Å². The molecule has 0 saturated carbocycles. The van der Waals surface area contributed by atoms with Crippen LogP contribution < -0.4 is 10.2 Å². The fraction of sp³-hybridized carbons (Fsp3) is 0.286. The zero-order chi connectivity index (χ0) is 23.7. The van der Waals surface area contributed by atoms with E-state index in [0.29, 0.717) is 0 Å². The van der Waals surface area contributed by atoms with Gasteiger partial charge in [-0.1, -0.05) is 26.5 Å². The first kappa shape index (κ1) is 22.1. The number of piperidine rings is 1. The standard InChI is InChI=1S/C28H30FN5/c1-4-20-18-22(8-11-24(20)30-5-2)26-25(21-6-9-23(29)10-7-21)32-28-27(31-14-17-34(26)28)33-15-12-19(3)13-16-33/h5-11,14,17-19,30H,2,4,12-13,15-16H2,1,3H3. The first-order valence-corrected chi connectivity index (χ1v) is 12.0. The molecule has 1 aliphatic rings. The van der Waals surface area contributed by atoms with Gasteiger partial charge in [-0.2, -0.15) is 0 Å². The first-order valence-electron chi connectivity index (χ1n) is 12.0. The highest BCUT2D eigenvalue weighted by Crippen LogP contribution is 2.37. The van der Waals surface area contributed by atoms with Gasteiger partial charge >= 0.3 is 0 Å². The number of hydrogen-bond acceptors (Lipinski definition) is 4. The summed E-state index contributed by atoms with van der Waals surface area (Å²) < 4.78 is 15.9. The number of benzene rings is 2. The third-order valence-electron chi connectivity index (χ3n) is 6.74. The molecular weight excluding hydrogens is 425 g/mol. The zero-order valence-corrected chi connectivity index (χ0v) is 19.8. The quantitative estimate of drug-likeness (QED) is 0.358. The molecule has 6 heteroatoms. The van der Waals surface area contributed by atoms with E-state index < -0.39 is 0 Å². The Bertz CT molecular complexity index is 1320. The Hall–Kier alpha value is -3.67. The van der Waals surface area contributed by atoms with Crippen LogP contribution in [0.2, 0.25) is 0 Å². The zero-order valence-electron chi connectivity index (χ0n) is 19.8. The molecule has 4 aromatic rings. The van der Waals surface area contributed by atoms with Gasteiger partial charge in [0.2, 0.25) is 0 Å². The molecule has 5 nitrogen and oxygen atoms in total. The van der Waals surface area contributed by atoms with Gasteiger partial charge in [0, 0.05) is 42.3 Å². The highest BCUT2D eigenvalue weighted by atomic mass is 19.1. The van der Waals surface area contributed by atoms with E-state index in [1.54, 1.807) is 18.3 Å². The molecule has 1 saturated heterocycles. The third-order valence-corrected chi connectivity index (χ3v) is 6.74. The maximum atomic E-state index is 13.7. The summed E-state index contributed by atoms with van der Waals surface area (Å²) in [5.41, 5.74) is 6.81. The van der Waals surface area contributed by atoms with Crippen LogP contribution in [0.4, 0.5) is 15.9 Å². The summed E-state index contributed by atoms with van der Waals surface area (Å²) in [6.45, 7) is 10.2. The van der Waals surface area contributed by atoms with E-state index in [0.717, 1.165) is 77.9 Å². The van der Waals surface area contributed by atoms with Crippen LogP contribution in [-0.2, 0) is 6.42 Å². The number of anilines is 2. The molecule has 1 aliphatic heterocycles. The fourth-order valence-electron chi connectivity index (χ4n) is 4.78. The smallest absolute Gasteiger partial charge is 0.181 e. The Balaban J connectivity index is 1.72. The molecule has 1 fully saturated rings. The summed E-state index contributed by atoms with van der Waals surface area (Å²) in [7, 11) is 0. The monoisotopic (exact) mass is 455 g/mol. The van der Waals surface area contributed by atoms with Gasteiger partial charge in [-0.25, -0.2) is 14.4 Å². The lowest BCUT2D eigenvalue weighted by Crippen LogP contribution is -2.33. The molecule has 2 aromatic carbocycles. The van der Waals surface area contributed by atoms with Crippen LogP contribution in [0.25, 0.3) is 28.2 Å². The van der Waals surface area contributed by atoms with Crippen LogP contribution in [0.15, 0.2) is 67.6 Å². The Morgan fingerprint density at radius 1 is 1.12 bits per heavy atom. The molecule has 3 heterocycles. The molecule has 5 rings (SSSR count). The normalized spacial score (nSPS) is 14.5. The summed E-state index contributed by atoms with van der Waals surface area (Å²) in [6, 6.07) is 13.0. The van der Waals surface area contributed by atoms with Gasteiger partial charge < -0.3 is 10.2 Å². The van der Waals surface area contributed by atoms with Gasteiger partial charge in [0.15, 0.2) is 11.5 Å². The number of aryl methyl sites for hydroxylation is 1. The van der Waals surface area contributed by atoms with Gasteiger partial charge in [-0.3, -0.25) is 4.40 Å². The van der Waals surface area contributed by atoms with Crippen molar-refractivity contribution in [2.24, 2.45) is 5.92 Å². The van der Waals surface area contributed by atoms with Crippen LogP contribution in [-0.4, -0.2) is 27.5 Å². The number of hydrogen-bond donors (Lipinski definition) is 1. The molecule has 2 aromatic heterocycles. The van der Waals surface area contributed by atoms with E-state index in [-0.39, 0.29) is 5.82 Å². The minimum atomic E-state index is -0.257. The molecule has 174 valence electrons. The minimum absolute atomic E-state index is 0.257. The van der Waals surface area contributed by atoms with Crippen molar-refractivity contribution in [1.82, 2.24) is 14.4 Å². The van der Waals surface area contributed by atoms with Crippen LogP contribution in [0, 0.1) is 11.7 Å². The number of rotatable bonds is 6. The second-order valence-electron chi connectivity index (χ2n) is 9.00. The summed E-state index contributed by atoms with van der Waals surface area (Å²) in [6.07, 6.45) is 8.71. The maximum absolute atomic E-state index is 13.7. The van der Waals surface area contributed by atoms with E-state index in [4.69, 9.17) is 9.97 Å². The van der Waals surface area contributed by atoms with Gasteiger partial charge in [0.1, 0.15) is 5.82 Å². The minimum Gasteiger partial charge on any atom is -0.362 e. The summed E-state index contributed by atoms with van der Waals surface area (Å²) >= 11 is 0. The number of nitrogens with one attached hydrogen (secondary N) is 1. The summed E-state index contributed by atoms with van der Waals surface area (Å²) in [4.78, 5) is 12.2. The number of nitrogens with zero attached hydrogens (tertiary/aromatic N) is 4. The Morgan fingerprint density at radius 2 is 1.85 bits per heavy atom. The highest BCUT2D eigenvalue weighted by Gasteiger charge is 2.24. The van der Waals surface area contributed by atoms with E-state index >= 15 is 0 Å². The lowest BCUT2D eigenvalue weighted by molar-refractivity contribution is 0.437. The van der Waals surface area contributed by atoms with Gasteiger partial charge in [0.05, 0.1) is 11.4 Å². The Morgan fingerprint density at radius 3 is 2.56 bits per heavy atom. The van der Waals surface area contributed by atoms with Crippen LogP contribution in [0.5, 0.6) is 0 Å². The highest BCUT2D eigenvalue weighted by molar-refractivity contribution is 5.85.